The van der Waals surface area contributed by atoms with Crippen LogP contribution in [0.15, 0.2) is 6.07 Å². The van der Waals surface area contributed by atoms with E-state index in [2.05, 4.69) is 4.98 Å². The van der Waals surface area contributed by atoms with E-state index >= 15 is 0 Å². The van der Waals surface area contributed by atoms with Crippen LogP contribution in [0, 0.1) is 11.3 Å². The van der Waals surface area contributed by atoms with Gasteiger partial charge >= 0.3 is 5.97 Å². The number of hydrogen-bond donors (Lipinski definition) is 1. The Morgan fingerprint density at radius 2 is 2.35 bits per heavy atom. The van der Waals surface area contributed by atoms with Crippen molar-refractivity contribution in [2.24, 2.45) is 0 Å². The summed E-state index contributed by atoms with van der Waals surface area (Å²) in [7, 11) is 1.16. The Hall–Kier alpha value is -2.23. The molecule has 1 heterocycles. The highest BCUT2D eigenvalue weighted by molar-refractivity contribution is 5.70. The molecule has 1 rings (SSSR count). The van der Waals surface area contributed by atoms with E-state index < -0.39 is 30.1 Å². The van der Waals surface area contributed by atoms with Crippen molar-refractivity contribution in [1.29, 1.82) is 5.26 Å². The number of hydrogen-bond acceptors (Lipinski definition) is 4. The lowest BCUT2D eigenvalue weighted by Gasteiger charge is -2.10. The van der Waals surface area contributed by atoms with Gasteiger partial charge in [-0.25, -0.2) is 13.8 Å². The van der Waals surface area contributed by atoms with Gasteiger partial charge in [-0.15, -0.1) is 0 Å². The summed E-state index contributed by atoms with van der Waals surface area (Å²) < 4.78 is 30.0. The van der Waals surface area contributed by atoms with Gasteiger partial charge in [0.25, 0.3) is 6.43 Å². The first-order valence-electron chi connectivity index (χ1n) is 4.47. The van der Waals surface area contributed by atoms with Crippen LogP contribution in [0.25, 0.3) is 0 Å². The van der Waals surface area contributed by atoms with Gasteiger partial charge in [0.2, 0.25) is 0 Å². The van der Waals surface area contributed by atoms with Gasteiger partial charge in [0, 0.05) is 6.07 Å². The standard InChI is InChI=1S/C10H8F2N2O3/c1-17-7-2-5(3-8(15)16)14-6(4-13)9(7)10(11)12/h2,10H,3H2,1H3,(H,15,16). The molecule has 0 bridgehead atoms. The molecule has 0 saturated carbocycles. The number of halogens is 2. The smallest absolute Gasteiger partial charge is 0.309 e. The Balaban J connectivity index is 3.35. The fourth-order valence-electron chi connectivity index (χ4n) is 1.29. The first kappa shape index (κ1) is 12.8. The summed E-state index contributed by atoms with van der Waals surface area (Å²) in [5.74, 6) is -1.41. The number of carboxylic acid groups (broad SMARTS) is 1. The maximum Gasteiger partial charge on any atom is 0.309 e. The highest BCUT2D eigenvalue weighted by Gasteiger charge is 2.22. The molecule has 0 atom stereocenters. The van der Waals surface area contributed by atoms with Gasteiger partial charge in [-0.3, -0.25) is 4.79 Å². The van der Waals surface area contributed by atoms with E-state index in [1.54, 1.807) is 0 Å². The largest absolute Gasteiger partial charge is 0.496 e. The number of pyridine rings is 1. The van der Waals surface area contributed by atoms with Crippen LogP contribution in [0.3, 0.4) is 0 Å². The van der Waals surface area contributed by atoms with Crippen LogP contribution in [-0.2, 0) is 11.2 Å². The Labute approximate surface area is 95.3 Å². The zero-order chi connectivity index (χ0) is 13.0. The van der Waals surface area contributed by atoms with Gasteiger partial charge in [0.05, 0.1) is 24.8 Å². The van der Waals surface area contributed by atoms with Gasteiger partial charge in [-0.2, -0.15) is 5.26 Å². The molecule has 90 valence electrons. The second-order valence-corrected chi connectivity index (χ2v) is 3.06. The number of carboxylic acids is 1. The molecule has 0 radical (unpaired) electrons. The van der Waals surface area contributed by atoms with E-state index in [9.17, 15) is 13.6 Å². The molecule has 1 N–H and O–H groups in total. The van der Waals surface area contributed by atoms with E-state index in [-0.39, 0.29) is 11.4 Å². The minimum absolute atomic E-state index is 0.00435. The van der Waals surface area contributed by atoms with E-state index in [1.807, 2.05) is 0 Å². The summed E-state index contributed by atoms with van der Waals surface area (Å²) in [6.07, 6.45) is -3.37. The maximum atomic E-state index is 12.7. The highest BCUT2D eigenvalue weighted by atomic mass is 19.3. The topological polar surface area (TPSA) is 83.2 Å². The van der Waals surface area contributed by atoms with Gasteiger partial charge in [-0.05, 0) is 0 Å². The Bertz CT molecular complexity index is 483. The van der Waals surface area contributed by atoms with Crippen LogP contribution in [0.1, 0.15) is 23.4 Å². The Kier molecular flexibility index (Phi) is 3.93. The van der Waals surface area contributed by atoms with Crippen molar-refractivity contribution in [3.05, 3.63) is 23.0 Å². The third-order valence-corrected chi connectivity index (χ3v) is 1.95. The summed E-state index contributed by atoms with van der Waals surface area (Å²) in [5, 5.41) is 17.3. The third kappa shape index (κ3) is 2.87. The van der Waals surface area contributed by atoms with Gasteiger partial charge in [0.15, 0.2) is 5.69 Å². The second kappa shape index (κ2) is 5.21. The minimum Gasteiger partial charge on any atom is -0.496 e. The summed E-state index contributed by atoms with van der Waals surface area (Å²) in [5.41, 5.74) is -1.14. The predicted octanol–water partition coefficient (Wildman–Crippen LogP) is 1.53. The average Bonchev–Trinajstić information content (AvgIpc) is 2.26. The SMILES string of the molecule is COc1cc(CC(=O)O)nc(C#N)c1C(F)F. The minimum atomic E-state index is -2.91. The first-order valence-corrected chi connectivity index (χ1v) is 4.47. The number of carbonyl (C=O) groups is 1. The molecule has 0 aromatic carbocycles. The number of ether oxygens (including phenoxy) is 1. The predicted molar refractivity (Wildman–Crippen MR) is 51.8 cm³/mol. The van der Waals surface area contributed by atoms with Gasteiger partial charge in [-0.1, -0.05) is 0 Å². The van der Waals surface area contributed by atoms with Gasteiger partial charge < -0.3 is 9.84 Å². The molecule has 0 aliphatic carbocycles. The van der Waals surface area contributed by atoms with Crippen molar-refractivity contribution in [3.8, 4) is 11.8 Å². The number of methoxy groups -OCH3 is 1. The van der Waals surface area contributed by atoms with Crippen LogP contribution in [-0.4, -0.2) is 23.2 Å². The summed E-state index contributed by atoms with van der Waals surface area (Å²) in [6.45, 7) is 0. The first-order chi connectivity index (χ1) is 7.99. The van der Waals surface area contributed by atoms with Crippen LogP contribution in [0.5, 0.6) is 5.75 Å². The molecular weight excluding hydrogens is 234 g/mol. The second-order valence-electron chi connectivity index (χ2n) is 3.06. The molecule has 0 unspecified atom stereocenters. The molecule has 0 aliphatic heterocycles. The van der Waals surface area contributed by atoms with E-state index in [4.69, 9.17) is 15.1 Å². The number of aliphatic carboxylic acids is 1. The lowest BCUT2D eigenvalue weighted by Crippen LogP contribution is -2.07. The molecule has 7 heteroatoms. The monoisotopic (exact) mass is 242 g/mol. The molecule has 0 aliphatic rings. The lowest BCUT2D eigenvalue weighted by atomic mass is 10.1. The van der Waals surface area contributed by atoms with Crippen LogP contribution < -0.4 is 4.74 Å². The molecular formula is C10H8F2N2O3. The normalized spacial score (nSPS) is 10.1. The Morgan fingerprint density at radius 3 is 2.76 bits per heavy atom. The molecule has 0 saturated heterocycles. The number of alkyl halides is 2. The number of nitrogens with zero attached hydrogens (tertiary/aromatic N) is 2. The van der Waals surface area contributed by atoms with Crippen molar-refractivity contribution in [1.82, 2.24) is 4.98 Å². The zero-order valence-corrected chi connectivity index (χ0v) is 8.78. The van der Waals surface area contributed by atoms with Crippen LogP contribution in [0.4, 0.5) is 8.78 Å². The average molecular weight is 242 g/mol. The highest BCUT2D eigenvalue weighted by Crippen LogP contribution is 2.31. The molecule has 5 nitrogen and oxygen atoms in total. The maximum absolute atomic E-state index is 12.7. The fraction of sp³-hybridized carbons (Fsp3) is 0.300. The fourth-order valence-corrected chi connectivity index (χ4v) is 1.29. The van der Waals surface area contributed by atoms with Crippen molar-refractivity contribution in [2.75, 3.05) is 7.11 Å². The van der Waals surface area contributed by atoms with Crippen molar-refractivity contribution in [2.45, 2.75) is 12.8 Å². The zero-order valence-electron chi connectivity index (χ0n) is 8.78. The Morgan fingerprint density at radius 1 is 1.71 bits per heavy atom. The number of rotatable bonds is 4. The number of nitriles is 1. The molecule has 1 aromatic heterocycles. The summed E-state index contributed by atoms with van der Waals surface area (Å²) in [4.78, 5) is 14.0. The molecule has 0 spiro atoms. The number of aromatic nitrogens is 1. The quantitative estimate of drug-likeness (QED) is 0.865. The van der Waals surface area contributed by atoms with Crippen LogP contribution >= 0.6 is 0 Å². The summed E-state index contributed by atoms with van der Waals surface area (Å²) >= 11 is 0. The van der Waals surface area contributed by atoms with Crippen LogP contribution in [0.2, 0.25) is 0 Å². The van der Waals surface area contributed by atoms with E-state index in [0.717, 1.165) is 13.2 Å². The molecule has 17 heavy (non-hydrogen) atoms. The van der Waals surface area contributed by atoms with Crippen molar-refractivity contribution in [3.63, 3.8) is 0 Å². The van der Waals surface area contributed by atoms with Gasteiger partial charge in [0.1, 0.15) is 11.8 Å². The van der Waals surface area contributed by atoms with Crippen molar-refractivity contribution >= 4 is 5.97 Å². The van der Waals surface area contributed by atoms with Crippen molar-refractivity contribution < 1.29 is 23.4 Å². The molecule has 1 aromatic rings. The third-order valence-electron chi connectivity index (χ3n) is 1.95. The lowest BCUT2D eigenvalue weighted by molar-refractivity contribution is -0.136. The molecule has 0 fully saturated rings. The van der Waals surface area contributed by atoms with E-state index in [1.165, 1.54) is 6.07 Å². The van der Waals surface area contributed by atoms with E-state index in [0.29, 0.717) is 0 Å². The summed E-state index contributed by atoms with van der Waals surface area (Å²) in [6, 6.07) is 2.59. The molecule has 0 amide bonds.